The molecule has 1 aliphatic rings. The predicted octanol–water partition coefficient (Wildman–Crippen LogP) is 2.42. The second kappa shape index (κ2) is 5.57. The summed E-state index contributed by atoms with van der Waals surface area (Å²) in [6.07, 6.45) is 2.63. The number of carboxylic acids is 1. The van der Waals surface area contributed by atoms with Crippen molar-refractivity contribution < 1.29 is 14.7 Å². The maximum atomic E-state index is 12.1. The van der Waals surface area contributed by atoms with E-state index in [1.165, 1.54) is 12.3 Å². The number of hydrogen-bond acceptors (Lipinski definition) is 3. The van der Waals surface area contributed by atoms with Gasteiger partial charge in [0.25, 0.3) is 0 Å². The zero-order valence-electron chi connectivity index (χ0n) is 10.5. The SMILES string of the molecule is CC1C[C@H](C(=O)Nc2ccnc(Cl)c2)[C@H](C(=O)O)C1. The maximum absolute atomic E-state index is 12.1. The molecule has 102 valence electrons. The lowest BCUT2D eigenvalue weighted by Crippen LogP contribution is -2.30. The number of halogens is 1. The van der Waals surface area contributed by atoms with Crippen LogP contribution in [0.3, 0.4) is 0 Å². The predicted molar refractivity (Wildman–Crippen MR) is 70.9 cm³/mol. The number of carbonyl (C=O) groups excluding carboxylic acids is 1. The number of aromatic nitrogens is 1. The van der Waals surface area contributed by atoms with Crippen LogP contribution in [0.1, 0.15) is 19.8 Å². The smallest absolute Gasteiger partial charge is 0.307 e. The molecule has 1 unspecified atom stereocenters. The van der Waals surface area contributed by atoms with E-state index in [9.17, 15) is 9.59 Å². The minimum absolute atomic E-state index is 0.248. The first-order valence-electron chi connectivity index (χ1n) is 6.12. The third-order valence-corrected chi connectivity index (χ3v) is 3.65. The molecular formula is C13H15ClN2O3. The molecule has 0 radical (unpaired) electrons. The number of carboxylic acid groups (broad SMARTS) is 1. The average molecular weight is 283 g/mol. The molecule has 2 N–H and O–H groups in total. The van der Waals surface area contributed by atoms with Crippen molar-refractivity contribution in [2.45, 2.75) is 19.8 Å². The molecule has 1 aromatic rings. The monoisotopic (exact) mass is 282 g/mol. The van der Waals surface area contributed by atoms with Crippen molar-refractivity contribution in [3.05, 3.63) is 23.5 Å². The Morgan fingerprint density at radius 3 is 2.74 bits per heavy atom. The number of nitrogens with one attached hydrogen (secondary N) is 1. The highest BCUT2D eigenvalue weighted by atomic mass is 35.5. The van der Waals surface area contributed by atoms with Gasteiger partial charge in [0.1, 0.15) is 5.15 Å². The summed E-state index contributed by atoms with van der Waals surface area (Å²) in [5.41, 5.74) is 0.536. The Bertz CT molecular complexity index is 506. The second-order valence-corrected chi connectivity index (χ2v) is 5.37. The third-order valence-electron chi connectivity index (χ3n) is 3.45. The second-order valence-electron chi connectivity index (χ2n) is 4.98. The molecule has 1 aromatic heterocycles. The number of aliphatic carboxylic acids is 1. The molecule has 0 spiro atoms. The Labute approximate surface area is 116 Å². The molecule has 0 saturated heterocycles. The van der Waals surface area contributed by atoms with Crippen molar-refractivity contribution in [2.75, 3.05) is 5.32 Å². The molecule has 5 nitrogen and oxygen atoms in total. The van der Waals surface area contributed by atoms with Crippen molar-refractivity contribution in [3.8, 4) is 0 Å². The van der Waals surface area contributed by atoms with Gasteiger partial charge in [-0.2, -0.15) is 0 Å². The van der Waals surface area contributed by atoms with E-state index in [4.69, 9.17) is 16.7 Å². The summed E-state index contributed by atoms with van der Waals surface area (Å²) < 4.78 is 0. The number of anilines is 1. The Morgan fingerprint density at radius 1 is 1.42 bits per heavy atom. The van der Waals surface area contributed by atoms with Crippen LogP contribution in [0.5, 0.6) is 0 Å². The molecule has 3 atom stereocenters. The van der Waals surface area contributed by atoms with Crippen molar-refractivity contribution in [2.24, 2.45) is 17.8 Å². The number of pyridine rings is 1. The van der Waals surface area contributed by atoms with Gasteiger partial charge in [0, 0.05) is 11.9 Å². The van der Waals surface area contributed by atoms with Gasteiger partial charge in [-0.05, 0) is 30.9 Å². The minimum atomic E-state index is -0.905. The summed E-state index contributed by atoms with van der Waals surface area (Å²) >= 11 is 5.73. The Kier molecular flexibility index (Phi) is 4.04. The quantitative estimate of drug-likeness (QED) is 0.835. The van der Waals surface area contributed by atoms with Crippen LogP contribution in [0.25, 0.3) is 0 Å². The molecule has 0 bridgehead atoms. The Hall–Kier alpha value is -1.62. The van der Waals surface area contributed by atoms with Gasteiger partial charge in [0.15, 0.2) is 0 Å². The molecule has 0 aromatic carbocycles. The molecule has 19 heavy (non-hydrogen) atoms. The minimum Gasteiger partial charge on any atom is -0.481 e. The highest BCUT2D eigenvalue weighted by Crippen LogP contribution is 2.37. The fraction of sp³-hybridized carbons (Fsp3) is 0.462. The molecule has 1 aliphatic carbocycles. The van der Waals surface area contributed by atoms with E-state index in [2.05, 4.69) is 10.3 Å². The first kappa shape index (κ1) is 13.8. The van der Waals surface area contributed by atoms with Crippen molar-refractivity contribution >= 4 is 29.2 Å². The van der Waals surface area contributed by atoms with E-state index >= 15 is 0 Å². The summed E-state index contributed by atoms with van der Waals surface area (Å²) in [5.74, 6) is -2.01. The number of amides is 1. The highest BCUT2D eigenvalue weighted by Gasteiger charge is 2.41. The van der Waals surface area contributed by atoms with Gasteiger partial charge < -0.3 is 10.4 Å². The van der Waals surface area contributed by atoms with Gasteiger partial charge in [-0.25, -0.2) is 4.98 Å². The van der Waals surface area contributed by atoms with Crippen LogP contribution in [0.15, 0.2) is 18.3 Å². The van der Waals surface area contributed by atoms with Gasteiger partial charge >= 0.3 is 5.97 Å². The van der Waals surface area contributed by atoms with E-state index in [0.717, 1.165) is 0 Å². The molecule has 1 heterocycles. The highest BCUT2D eigenvalue weighted by molar-refractivity contribution is 6.29. The standard InChI is InChI=1S/C13H15ClN2O3/c1-7-4-9(10(5-7)13(18)19)12(17)16-8-2-3-15-11(14)6-8/h2-3,6-7,9-10H,4-5H2,1H3,(H,18,19)(H,15,16,17)/t7?,9-,10+/m0/s1. The molecular weight excluding hydrogens is 268 g/mol. The van der Waals surface area contributed by atoms with E-state index < -0.39 is 17.8 Å². The number of nitrogens with zero attached hydrogens (tertiary/aromatic N) is 1. The zero-order valence-corrected chi connectivity index (χ0v) is 11.2. The van der Waals surface area contributed by atoms with Crippen molar-refractivity contribution in [3.63, 3.8) is 0 Å². The normalized spacial score (nSPS) is 26.1. The Balaban J connectivity index is 2.09. The van der Waals surface area contributed by atoms with Gasteiger partial charge in [-0.15, -0.1) is 0 Å². The first-order chi connectivity index (χ1) is 8.97. The fourth-order valence-electron chi connectivity index (χ4n) is 2.57. The average Bonchev–Trinajstić information content (AvgIpc) is 2.71. The van der Waals surface area contributed by atoms with Crippen LogP contribution < -0.4 is 5.32 Å². The molecule has 2 rings (SSSR count). The third kappa shape index (κ3) is 3.23. The molecule has 1 fully saturated rings. The van der Waals surface area contributed by atoms with Gasteiger partial charge in [-0.1, -0.05) is 18.5 Å². The van der Waals surface area contributed by atoms with E-state index in [1.807, 2.05) is 6.92 Å². The van der Waals surface area contributed by atoms with Crippen LogP contribution in [0.4, 0.5) is 5.69 Å². The topological polar surface area (TPSA) is 79.3 Å². The van der Waals surface area contributed by atoms with Gasteiger partial charge in [-0.3, -0.25) is 9.59 Å². The van der Waals surface area contributed by atoms with Crippen LogP contribution in [-0.2, 0) is 9.59 Å². The number of hydrogen-bond donors (Lipinski definition) is 2. The molecule has 6 heteroatoms. The van der Waals surface area contributed by atoms with Crippen LogP contribution in [0, 0.1) is 17.8 Å². The molecule has 1 saturated carbocycles. The van der Waals surface area contributed by atoms with Crippen LogP contribution >= 0.6 is 11.6 Å². The summed E-state index contributed by atoms with van der Waals surface area (Å²) in [7, 11) is 0. The number of carbonyl (C=O) groups is 2. The Morgan fingerprint density at radius 2 is 2.11 bits per heavy atom. The summed E-state index contributed by atoms with van der Waals surface area (Å²) in [4.78, 5) is 27.1. The van der Waals surface area contributed by atoms with Crippen molar-refractivity contribution in [1.29, 1.82) is 0 Å². The summed E-state index contributed by atoms with van der Waals surface area (Å²) in [6.45, 7) is 1.96. The first-order valence-corrected chi connectivity index (χ1v) is 6.50. The van der Waals surface area contributed by atoms with E-state index in [0.29, 0.717) is 18.5 Å². The molecule has 0 aliphatic heterocycles. The van der Waals surface area contributed by atoms with E-state index in [-0.39, 0.29) is 17.0 Å². The van der Waals surface area contributed by atoms with Crippen LogP contribution in [0.2, 0.25) is 5.15 Å². The lowest BCUT2D eigenvalue weighted by molar-refractivity contribution is -0.145. The summed E-state index contributed by atoms with van der Waals surface area (Å²) in [6, 6.07) is 3.16. The largest absolute Gasteiger partial charge is 0.481 e. The number of rotatable bonds is 3. The van der Waals surface area contributed by atoms with Crippen LogP contribution in [-0.4, -0.2) is 22.0 Å². The zero-order chi connectivity index (χ0) is 14.0. The van der Waals surface area contributed by atoms with Gasteiger partial charge in [0.2, 0.25) is 5.91 Å². The summed E-state index contributed by atoms with van der Waals surface area (Å²) in [5, 5.41) is 12.1. The maximum Gasteiger partial charge on any atom is 0.307 e. The van der Waals surface area contributed by atoms with E-state index in [1.54, 1.807) is 6.07 Å². The lowest BCUT2D eigenvalue weighted by atomic mass is 9.95. The van der Waals surface area contributed by atoms with Crippen molar-refractivity contribution in [1.82, 2.24) is 4.98 Å². The van der Waals surface area contributed by atoms with Gasteiger partial charge in [0.05, 0.1) is 11.8 Å². The molecule has 1 amide bonds. The fourth-order valence-corrected chi connectivity index (χ4v) is 2.74. The lowest BCUT2D eigenvalue weighted by Gasteiger charge is -2.15.